The van der Waals surface area contributed by atoms with E-state index in [1.54, 1.807) is 36.4 Å². The summed E-state index contributed by atoms with van der Waals surface area (Å²) in [5, 5.41) is 11.5. The highest BCUT2D eigenvalue weighted by molar-refractivity contribution is 7.20. The summed E-state index contributed by atoms with van der Waals surface area (Å²) in [6, 6.07) is 23.9. The average Bonchev–Trinajstić information content (AvgIpc) is 3.52. The molecular formula is C30H28N4O4S. The molecule has 0 radical (unpaired) electrons. The maximum Gasteiger partial charge on any atom is 0.265 e. The molecule has 9 heteroatoms. The van der Waals surface area contributed by atoms with E-state index in [0.717, 1.165) is 21.6 Å². The fourth-order valence-electron chi connectivity index (χ4n) is 4.18. The zero-order chi connectivity index (χ0) is 27.4. The number of carbonyl (C=O) groups excluding carboxylic acids is 2. The van der Waals surface area contributed by atoms with Gasteiger partial charge in [0.15, 0.2) is 0 Å². The van der Waals surface area contributed by atoms with Crippen LogP contribution >= 0.6 is 11.3 Å². The largest absolute Gasteiger partial charge is 0.492 e. The van der Waals surface area contributed by atoms with Gasteiger partial charge in [-0.2, -0.15) is 5.10 Å². The molecule has 5 aromatic rings. The molecule has 0 aliphatic rings. The van der Waals surface area contributed by atoms with Gasteiger partial charge in [0.2, 0.25) is 0 Å². The van der Waals surface area contributed by atoms with Gasteiger partial charge in [0, 0.05) is 23.1 Å². The minimum absolute atomic E-state index is 0.274. The highest BCUT2D eigenvalue weighted by Gasteiger charge is 2.21. The van der Waals surface area contributed by atoms with E-state index in [1.165, 1.54) is 11.3 Å². The topological polar surface area (TPSA) is 94.5 Å². The van der Waals surface area contributed by atoms with Gasteiger partial charge in [0.25, 0.3) is 11.8 Å². The van der Waals surface area contributed by atoms with E-state index in [-0.39, 0.29) is 11.8 Å². The van der Waals surface area contributed by atoms with Gasteiger partial charge in [-0.25, -0.2) is 4.68 Å². The molecule has 0 spiro atoms. The number of thiophene rings is 1. The van der Waals surface area contributed by atoms with Crippen molar-refractivity contribution in [3.05, 3.63) is 95.0 Å². The Hall–Kier alpha value is -4.63. The Kier molecular flexibility index (Phi) is 7.60. The number of amides is 2. The van der Waals surface area contributed by atoms with Gasteiger partial charge >= 0.3 is 0 Å². The lowest BCUT2D eigenvalue weighted by Gasteiger charge is -2.17. The maximum absolute atomic E-state index is 13.4. The van der Waals surface area contributed by atoms with Crippen LogP contribution in [-0.2, 0) is 0 Å². The monoisotopic (exact) mass is 540 g/mol. The first kappa shape index (κ1) is 26.0. The molecule has 3 aromatic carbocycles. The van der Waals surface area contributed by atoms with Crippen molar-refractivity contribution in [2.75, 3.05) is 23.8 Å². The minimum Gasteiger partial charge on any atom is -0.492 e. The summed E-state index contributed by atoms with van der Waals surface area (Å²) < 4.78 is 13.5. The van der Waals surface area contributed by atoms with Crippen LogP contribution in [0.15, 0.2) is 78.9 Å². The van der Waals surface area contributed by atoms with Crippen molar-refractivity contribution < 1.29 is 19.1 Å². The van der Waals surface area contributed by atoms with Crippen molar-refractivity contribution in [3.63, 3.8) is 0 Å². The fraction of sp³-hybridized carbons (Fsp3) is 0.167. The summed E-state index contributed by atoms with van der Waals surface area (Å²) >= 11 is 1.37. The van der Waals surface area contributed by atoms with Crippen LogP contribution in [0.2, 0.25) is 0 Å². The Morgan fingerprint density at radius 1 is 0.821 bits per heavy atom. The number of hydrogen-bond donors (Lipinski definition) is 2. The van der Waals surface area contributed by atoms with Crippen LogP contribution in [-0.4, -0.2) is 34.8 Å². The number of nitrogens with one attached hydrogen (secondary N) is 2. The molecule has 0 aliphatic heterocycles. The van der Waals surface area contributed by atoms with Gasteiger partial charge in [-0.1, -0.05) is 36.4 Å². The Balaban J connectivity index is 1.46. The molecule has 2 aromatic heterocycles. The lowest BCUT2D eigenvalue weighted by molar-refractivity contribution is 0.101. The minimum atomic E-state index is -0.278. The molecule has 5 rings (SSSR count). The quantitative estimate of drug-likeness (QED) is 0.217. The molecule has 0 atom stereocenters. The average molecular weight is 541 g/mol. The molecule has 0 fully saturated rings. The van der Waals surface area contributed by atoms with Crippen molar-refractivity contribution in [2.24, 2.45) is 0 Å². The number of nitrogens with zero attached hydrogens (tertiary/aromatic N) is 2. The van der Waals surface area contributed by atoms with Gasteiger partial charge in [-0.3, -0.25) is 9.59 Å². The first-order valence-corrected chi connectivity index (χ1v) is 13.5. The standard InChI is InChI=1S/C30H28N4O4S/c1-4-37-25-18-24(26(38-5-2)17-23(25)31-28(35)20-12-8-6-9-13-20)32-29(36)27-16-22-19(3)33-34(30(22)39-27)21-14-10-7-11-15-21/h6-18H,4-5H2,1-3H3,(H,31,35)(H,32,36). The Morgan fingerprint density at radius 2 is 1.38 bits per heavy atom. The van der Waals surface area contributed by atoms with Crippen LogP contribution in [0.4, 0.5) is 11.4 Å². The maximum atomic E-state index is 13.4. The number of ether oxygens (including phenoxy) is 2. The van der Waals surface area contributed by atoms with Crippen LogP contribution in [0.25, 0.3) is 15.9 Å². The SMILES string of the molecule is CCOc1cc(NC(=O)c2cc3c(C)nn(-c4ccccc4)c3s2)c(OCC)cc1NC(=O)c1ccccc1. The van der Waals surface area contributed by atoms with E-state index in [4.69, 9.17) is 9.47 Å². The van der Waals surface area contributed by atoms with Crippen molar-refractivity contribution in [3.8, 4) is 17.2 Å². The van der Waals surface area contributed by atoms with Crippen LogP contribution < -0.4 is 20.1 Å². The van der Waals surface area contributed by atoms with E-state index in [9.17, 15) is 9.59 Å². The van der Waals surface area contributed by atoms with Crippen LogP contribution in [0.3, 0.4) is 0 Å². The summed E-state index contributed by atoms with van der Waals surface area (Å²) in [5.74, 6) is 0.293. The second-order valence-electron chi connectivity index (χ2n) is 8.65. The second-order valence-corrected chi connectivity index (χ2v) is 9.68. The van der Waals surface area contributed by atoms with E-state index in [0.29, 0.717) is 46.5 Å². The predicted octanol–water partition coefficient (Wildman–Crippen LogP) is 6.70. The molecule has 8 nitrogen and oxygen atoms in total. The molecule has 198 valence electrons. The number of fused-ring (bicyclic) bond motifs is 1. The lowest BCUT2D eigenvalue weighted by atomic mass is 10.2. The first-order chi connectivity index (χ1) is 19.0. The summed E-state index contributed by atoms with van der Waals surface area (Å²) in [5.41, 5.74) is 3.19. The fourth-order valence-corrected chi connectivity index (χ4v) is 5.25. The Labute approximate surface area is 230 Å². The van der Waals surface area contributed by atoms with E-state index in [1.807, 2.05) is 67.9 Å². The number of aromatic nitrogens is 2. The third-order valence-electron chi connectivity index (χ3n) is 5.98. The molecule has 2 heterocycles. The van der Waals surface area contributed by atoms with Gasteiger partial charge in [-0.15, -0.1) is 11.3 Å². The van der Waals surface area contributed by atoms with Gasteiger partial charge in [0.05, 0.1) is 40.8 Å². The highest BCUT2D eigenvalue weighted by Crippen LogP contribution is 2.38. The van der Waals surface area contributed by atoms with Crippen molar-refractivity contribution in [1.29, 1.82) is 0 Å². The van der Waals surface area contributed by atoms with Crippen molar-refractivity contribution >= 4 is 44.7 Å². The lowest BCUT2D eigenvalue weighted by Crippen LogP contribution is -2.15. The normalized spacial score (nSPS) is 10.8. The van der Waals surface area contributed by atoms with Crippen LogP contribution in [0, 0.1) is 6.92 Å². The van der Waals surface area contributed by atoms with Gasteiger partial charge in [-0.05, 0) is 51.1 Å². The van der Waals surface area contributed by atoms with E-state index in [2.05, 4.69) is 15.7 Å². The molecule has 39 heavy (non-hydrogen) atoms. The number of carbonyl (C=O) groups is 2. The van der Waals surface area contributed by atoms with Gasteiger partial charge in [0.1, 0.15) is 16.3 Å². The molecule has 2 amide bonds. The van der Waals surface area contributed by atoms with Gasteiger partial charge < -0.3 is 20.1 Å². The van der Waals surface area contributed by atoms with Crippen molar-refractivity contribution in [1.82, 2.24) is 9.78 Å². The molecule has 0 unspecified atom stereocenters. The molecule has 2 N–H and O–H groups in total. The van der Waals surface area contributed by atoms with Crippen LogP contribution in [0.1, 0.15) is 39.6 Å². The predicted molar refractivity (Wildman–Crippen MR) is 155 cm³/mol. The Morgan fingerprint density at radius 3 is 1.97 bits per heavy atom. The smallest absolute Gasteiger partial charge is 0.265 e. The molecule has 0 bridgehead atoms. The third-order valence-corrected chi connectivity index (χ3v) is 7.09. The molecule has 0 saturated heterocycles. The number of rotatable bonds is 9. The number of anilines is 2. The summed E-state index contributed by atoms with van der Waals surface area (Å²) in [4.78, 5) is 27.7. The number of hydrogen-bond acceptors (Lipinski definition) is 6. The summed E-state index contributed by atoms with van der Waals surface area (Å²) in [6.07, 6.45) is 0. The highest BCUT2D eigenvalue weighted by atomic mass is 32.1. The third kappa shape index (κ3) is 5.49. The molecular weight excluding hydrogens is 512 g/mol. The Bertz CT molecular complexity index is 1630. The number of benzene rings is 3. The number of para-hydroxylation sites is 1. The van der Waals surface area contributed by atoms with Crippen molar-refractivity contribution in [2.45, 2.75) is 20.8 Å². The zero-order valence-corrected chi connectivity index (χ0v) is 22.7. The van der Waals surface area contributed by atoms with E-state index < -0.39 is 0 Å². The first-order valence-electron chi connectivity index (χ1n) is 12.6. The van der Waals surface area contributed by atoms with E-state index >= 15 is 0 Å². The second kappa shape index (κ2) is 11.4. The molecule has 0 saturated carbocycles. The molecule has 0 aliphatic carbocycles. The van der Waals surface area contributed by atoms with Crippen LogP contribution in [0.5, 0.6) is 11.5 Å². The summed E-state index contributed by atoms with van der Waals surface area (Å²) in [6.45, 7) is 6.39. The summed E-state index contributed by atoms with van der Waals surface area (Å²) in [7, 11) is 0. The number of aryl methyl sites for hydroxylation is 1. The zero-order valence-electron chi connectivity index (χ0n) is 21.9.